The van der Waals surface area contributed by atoms with Crippen LogP contribution < -0.4 is 5.73 Å². The molecule has 3 rings (SSSR count). The van der Waals surface area contributed by atoms with Gasteiger partial charge in [-0.25, -0.2) is 4.39 Å². The molecule has 0 unspecified atom stereocenters. The van der Waals surface area contributed by atoms with Gasteiger partial charge in [-0.3, -0.25) is 4.90 Å². The molecular weight excluding hydrogens is 279 g/mol. The molecule has 0 spiro atoms. The molecule has 0 atom stereocenters. The summed E-state index contributed by atoms with van der Waals surface area (Å²) < 4.78 is 18.6. The minimum atomic E-state index is -0.190. The molecule has 2 N–H and O–H groups in total. The predicted molar refractivity (Wildman–Crippen MR) is 84.6 cm³/mol. The first-order valence-corrected chi connectivity index (χ1v) is 7.97. The van der Waals surface area contributed by atoms with Gasteiger partial charge in [-0.1, -0.05) is 12.1 Å². The third-order valence-electron chi connectivity index (χ3n) is 4.50. The van der Waals surface area contributed by atoms with Gasteiger partial charge in [0.25, 0.3) is 0 Å². The molecule has 1 aliphatic rings. The second-order valence-electron chi connectivity index (χ2n) is 6.18. The molecule has 1 saturated carbocycles. The van der Waals surface area contributed by atoms with Crippen molar-refractivity contribution in [1.29, 1.82) is 0 Å². The van der Waals surface area contributed by atoms with Crippen molar-refractivity contribution in [3.8, 4) is 0 Å². The van der Waals surface area contributed by atoms with Gasteiger partial charge in [0.15, 0.2) is 0 Å². The maximum absolute atomic E-state index is 13.1. The van der Waals surface area contributed by atoms with E-state index in [2.05, 4.69) is 4.90 Å². The van der Waals surface area contributed by atoms with Gasteiger partial charge in [0.05, 0.1) is 12.8 Å². The van der Waals surface area contributed by atoms with Crippen molar-refractivity contribution in [3.63, 3.8) is 0 Å². The predicted octanol–water partition coefficient (Wildman–Crippen LogP) is 3.69. The number of furan rings is 1. The first-order valence-electron chi connectivity index (χ1n) is 7.97. The van der Waals surface area contributed by atoms with Crippen molar-refractivity contribution in [3.05, 3.63) is 59.8 Å². The maximum Gasteiger partial charge on any atom is 0.123 e. The van der Waals surface area contributed by atoms with Crippen LogP contribution in [0.15, 0.2) is 47.1 Å². The van der Waals surface area contributed by atoms with E-state index in [1.165, 1.54) is 12.1 Å². The molecule has 1 aromatic carbocycles. The molecule has 1 fully saturated rings. The number of nitrogens with two attached hydrogens (primary N) is 1. The van der Waals surface area contributed by atoms with E-state index in [1.807, 2.05) is 24.3 Å². The highest BCUT2D eigenvalue weighted by molar-refractivity contribution is 5.16. The molecular formula is C18H23FN2O. The molecule has 0 aliphatic heterocycles. The molecule has 0 amide bonds. The van der Waals surface area contributed by atoms with Crippen molar-refractivity contribution in [1.82, 2.24) is 4.90 Å². The minimum Gasteiger partial charge on any atom is -0.468 e. The first-order chi connectivity index (χ1) is 10.7. The van der Waals surface area contributed by atoms with Gasteiger partial charge in [-0.2, -0.15) is 0 Å². The maximum atomic E-state index is 13.1. The number of benzene rings is 1. The summed E-state index contributed by atoms with van der Waals surface area (Å²) >= 11 is 0. The third kappa shape index (κ3) is 3.96. The topological polar surface area (TPSA) is 42.4 Å². The first kappa shape index (κ1) is 15.3. The monoisotopic (exact) mass is 302 g/mol. The Labute approximate surface area is 130 Å². The average molecular weight is 302 g/mol. The molecule has 0 radical (unpaired) electrons. The van der Waals surface area contributed by atoms with Crippen molar-refractivity contribution in [2.75, 3.05) is 0 Å². The lowest BCUT2D eigenvalue weighted by molar-refractivity contribution is 0.125. The summed E-state index contributed by atoms with van der Waals surface area (Å²) in [6.45, 7) is 1.59. The summed E-state index contributed by atoms with van der Waals surface area (Å²) in [6, 6.07) is 11.5. The van der Waals surface area contributed by atoms with Gasteiger partial charge in [-0.15, -0.1) is 0 Å². The van der Waals surface area contributed by atoms with E-state index in [0.29, 0.717) is 12.1 Å². The van der Waals surface area contributed by atoms with Crippen LogP contribution in [0.2, 0.25) is 0 Å². The van der Waals surface area contributed by atoms with E-state index in [0.717, 1.165) is 50.1 Å². The lowest BCUT2D eigenvalue weighted by Gasteiger charge is -2.35. The highest BCUT2D eigenvalue weighted by Crippen LogP contribution is 2.25. The minimum absolute atomic E-state index is 0.190. The van der Waals surface area contributed by atoms with Gasteiger partial charge >= 0.3 is 0 Å². The number of hydrogen-bond acceptors (Lipinski definition) is 3. The lowest BCUT2D eigenvalue weighted by Crippen LogP contribution is -2.40. The van der Waals surface area contributed by atoms with Gasteiger partial charge < -0.3 is 10.2 Å². The third-order valence-corrected chi connectivity index (χ3v) is 4.50. The van der Waals surface area contributed by atoms with E-state index >= 15 is 0 Å². The molecule has 0 bridgehead atoms. The largest absolute Gasteiger partial charge is 0.468 e. The Morgan fingerprint density at radius 1 is 1.05 bits per heavy atom. The van der Waals surface area contributed by atoms with Crippen LogP contribution in [-0.4, -0.2) is 17.0 Å². The molecule has 1 heterocycles. The summed E-state index contributed by atoms with van der Waals surface area (Å²) in [5.74, 6) is 0.780. The zero-order valence-corrected chi connectivity index (χ0v) is 12.7. The lowest BCUT2D eigenvalue weighted by atomic mass is 9.90. The van der Waals surface area contributed by atoms with E-state index < -0.39 is 0 Å². The molecule has 2 aromatic rings. The fraction of sp³-hybridized carbons (Fsp3) is 0.444. The van der Waals surface area contributed by atoms with Gasteiger partial charge in [0.2, 0.25) is 0 Å². The van der Waals surface area contributed by atoms with Crippen molar-refractivity contribution < 1.29 is 8.81 Å². The van der Waals surface area contributed by atoms with E-state index in [4.69, 9.17) is 10.2 Å². The SMILES string of the molecule is NC1CCC(N(Cc2ccc(F)cc2)Cc2ccco2)CC1. The Kier molecular flexibility index (Phi) is 4.90. The summed E-state index contributed by atoms with van der Waals surface area (Å²) in [5.41, 5.74) is 7.15. The zero-order valence-electron chi connectivity index (χ0n) is 12.7. The quantitative estimate of drug-likeness (QED) is 0.916. The molecule has 118 valence electrons. The van der Waals surface area contributed by atoms with E-state index in [9.17, 15) is 4.39 Å². The number of hydrogen-bond donors (Lipinski definition) is 1. The summed E-state index contributed by atoms with van der Waals surface area (Å²) in [7, 11) is 0. The summed E-state index contributed by atoms with van der Waals surface area (Å²) in [4.78, 5) is 2.43. The van der Waals surface area contributed by atoms with Crippen LogP contribution in [0, 0.1) is 5.82 Å². The van der Waals surface area contributed by atoms with E-state index in [1.54, 1.807) is 6.26 Å². The zero-order chi connectivity index (χ0) is 15.4. The second kappa shape index (κ2) is 7.07. The van der Waals surface area contributed by atoms with Crippen LogP contribution in [0.1, 0.15) is 37.0 Å². The Morgan fingerprint density at radius 3 is 2.41 bits per heavy atom. The van der Waals surface area contributed by atoms with Crippen molar-refractivity contribution >= 4 is 0 Å². The van der Waals surface area contributed by atoms with Crippen LogP contribution in [-0.2, 0) is 13.1 Å². The smallest absolute Gasteiger partial charge is 0.123 e. The van der Waals surface area contributed by atoms with Gasteiger partial charge in [-0.05, 0) is 55.5 Å². The Morgan fingerprint density at radius 2 is 1.77 bits per heavy atom. The number of rotatable bonds is 5. The number of nitrogens with zero attached hydrogens (tertiary/aromatic N) is 1. The van der Waals surface area contributed by atoms with Gasteiger partial charge in [0.1, 0.15) is 11.6 Å². The number of halogens is 1. The Bertz CT molecular complexity index is 559. The molecule has 3 nitrogen and oxygen atoms in total. The highest BCUT2D eigenvalue weighted by Gasteiger charge is 2.25. The average Bonchev–Trinajstić information content (AvgIpc) is 3.03. The molecule has 1 aromatic heterocycles. The van der Waals surface area contributed by atoms with Crippen LogP contribution in [0.3, 0.4) is 0 Å². The fourth-order valence-electron chi connectivity index (χ4n) is 3.21. The fourth-order valence-corrected chi connectivity index (χ4v) is 3.21. The standard InChI is InChI=1S/C18H23FN2O/c19-15-5-3-14(4-6-15)12-21(13-18-2-1-11-22-18)17-9-7-16(20)8-10-17/h1-6,11,16-17H,7-10,12-13,20H2. The Balaban J connectivity index is 1.71. The van der Waals surface area contributed by atoms with E-state index in [-0.39, 0.29) is 5.82 Å². The summed E-state index contributed by atoms with van der Waals surface area (Å²) in [6.07, 6.45) is 6.08. The van der Waals surface area contributed by atoms with Gasteiger partial charge in [0, 0.05) is 18.6 Å². The second-order valence-corrected chi connectivity index (χ2v) is 6.18. The Hall–Kier alpha value is -1.65. The van der Waals surface area contributed by atoms with Crippen LogP contribution in [0.4, 0.5) is 4.39 Å². The molecule has 1 aliphatic carbocycles. The van der Waals surface area contributed by atoms with Crippen molar-refractivity contribution in [2.24, 2.45) is 5.73 Å². The molecule has 0 saturated heterocycles. The molecule has 4 heteroatoms. The summed E-state index contributed by atoms with van der Waals surface area (Å²) in [5, 5.41) is 0. The van der Waals surface area contributed by atoms with Crippen LogP contribution in [0.5, 0.6) is 0 Å². The van der Waals surface area contributed by atoms with Crippen molar-refractivity contribution in [2.45, 2.75) is 50.9 Å². The van der Waals surface area contributed by atoms with Crippen LogP contribution >= 0.6 is 0 Å². The van der Waals surface area contributed by atoms with Crippen LogP contribution in [0.25, 0.3) is 0 Å². The normalized spacial score (nSPS) is 22.1. The molecule has 22 heavy (non-hydrogen) atoms. The highest BCUT2D eigenvalue weighted by atomic mass is 19.1.